The number of rotatable bonds is 7. The summed E-state index contributed by atoms with van der Waals surface area (Å²) >= 11 is 5.58. The van der Waals surface area contributed by atoms with Gasteiger partial charge in [-0.05, 0) is 31.2 Å². The van der Waals surface area contributed by atoms with Crippen LogP contribution in [0.25, 0.3) is 0 Å². The molecule has 0 bridgehead atoms. The molecule has 0 aliphatic heterocycles. The van der Waals surface area contributed by atoms with Crippen molar-refractivity contribution in [2.75, 3.05) is 23.6 Å². The van der Waals surface area contributed by atoms with Gasteiger partial charge in [-0.15, -0.1) is 0 Å². The molecule has 1 aromatic carbocycles. The van der Waals surface area contributed by atoms with Gasteiger partial charge in [-0.1, -0.05) is 18.5 Å². The van der Waals surface area contributed by atoms with E-state index in [1.165, 1.54) is 12.1 Å². The lowest BCUT2D eigenvalue weighted by atomic mass is 10.3. The summed E-state index contributed by atoms with van der Waals surface area (Å²) in [6, 6.07) is 3.79. The van der Waals surface area contributed by atoms with E-state index in [0.29, 0.717) is 6.54 Å². The molecule has 0 heterocycles. The summed E-state index contributed by atoms with van der Waals surface area (Å²) in [6.45, 7) is 3.08. The molecule has 1 rings (SSSR count). The van der Waals surface area contributed by atoms with E-state index >= 15 is 0 Å². The fourth-order valence-electron chi connectivity index (χ4n) is 1.30. The summed E-state index contributed by atoms with van der Waals surface area (Å²) in [5.41, 5.74) is -0.0881. The van der Waals surface area contributed by atoms with Crippen LogP contribution in [0.2, 0.25) is 5.02 Å². The van der Waals surface area contributed by atoms with Gasteiger partial charge in [0.1, 0.15) is 5.82 Å². The Morgan fingerprint density at radius 2 is 2.06 bits per heavy atom. The molecule has 0 aliphatic carbocycles. The predicted molar refractivity (Wildman–Crippen MR) is 72.0 cm³/mol. The number of hydrogen-bond donors (Lipinski definition) is 2. The van der Waals surface area contributed by atoms with Crippen molar-refractivity contribution in [2.45, 2.75) is 13.3 Å². The van der Waals surface area contributed by atoms with Crippen LogP contribution >= 0.6 is 11.6 Å². The van der Waals surface area contributed by atoms with E-state index in [1.807, 2.05) is 6.92 Å². The first-order chi connectivity index (χ1) is 8.44. The normalized spacial score (nSPS) is 11.5. The average molecular weight is 295 g/mol. The van der Waals surface area contributed by atoms with Gasteiger partial charge in [-0.3, -0.25) is 4.72 Å². The lowest BCUT2D eigenvalue weighted by Gasteiger charge is -2.09. The number of sulfonamides is 1. The number of halogens is 2. The van der Waals surface area contributed by atoms with Gasteiger partial charge in [0.2, 0.25) is 10.0 Å². The maximum absolute atomic E-state index is 13.4. The van der Waals surface area contributed by atoms with Crippen molar-refractivity contribution in [1.29, 1.82) is 0 Å². The Balaban J connectivity index is 2.59. The molecule has 0 saturated heterocycles. The Morgan fingerprint density at radius 3 is 2.67 bits per heavy atom. The fraction of sp³-hybridized carbons (Fsp3) is 0.455. The number of hydrogen-bond acceptors (Lipinski definition) is 3. The van der Waals surface area contributed by atoms with Crippen LogP contribution in [0.15, 0.2) is 18.2 Å². The second kappa shape index (κ2) is 6.92. The third-order valence-electron chi connectivity index (χ3n) is 2.17. The second-order valence-corrected chi connectivity index (χ2v) is 6.07. The summed E-state index contributed by atoms with van der Waals surface area (Å²) < 4.78 is 38.9. The molecule has 0 unspecified atom stereocenters. The highest BCUT2D eigenvalue weighted by atomic mass is 35.5. The van der Waals surface area contributed by atoms with E-state index in [0.717, 1.165) is 19.0 Å². The van der Waals surface area contributed by atoms with Crippen molar-refractivity contribution in [2.24, 2.45) is 0 Å². The first-order valence-corrected chi connectivity index (χ1v) is 7.64. The molecule has 0 atom stereocenters. The van der Waals surface area contributed by atoms with E-state index in [1.54, 1.807) is 0 Å². The van der Waals surface area contributed by atoms with Crippen LogP contribution in [-0.2, 0) is 10.0 Å². The Labute approximate surface area is 112 Å². The smallest absolute Gasteiger partial charge is 0.234 e. The zero-order chi connectivity index (χ0) is 13.6. The van der Waals surface area contributed by atoms with Crippen molar-refractivity contribution in [3.8, 4) is 0 Å². The quantitative estimate of drug-likeness (QED) is 0.758. The first kappa shape index (κ1) is 15.2. The third kappa shape index (κ3) is 5.20. The molecule has 1 aromatic rings. The van der Waals surface area contributed by atoms with Gasteiger partial charge >= 0.3 is 0 Å². The largest absolute Gasteiger partial charge is 0.316 e. The van der Waals surface area contributed by atoms with Gasteiger partial charge in [-0.25, -0.2) is 12.8 Å². The highest BCUT2D eigenvalue weighted by molar-refractivity contribution is 7.92. The average Bonchev–Trinajstić information content (AvgIpc) is 2.28. The van der Waals surface area contributed by atoms with Gasteiger partial charge in [0.15, 0.2) is 0 Å². The van der Waals surface area contributed by atoms with Gasteiger partial charge < -0.3 is 5.32 Å². The van der Waals surface area contributed by atoms with Crippen molar-refractivity contribution >= 4 is 27.3 Å². The molecule has 0 saturated carbocycles. The van der Waals surface area contributed by atoms with Gasteiger partial charge in [0.25, 0.3) is 0 Å². The van der Waals surface area contributed by atoms with Crippen molar-refractivity contribution in [3.05, 3.63) is 29.0 Å². The van der Waals surface area contributed by atoms with Crippen molar-refractivity contribution in [1.82, 2.24) is 5.32 Å². The summed E-state index contributed by atoms with van der Waals surface area (Å²) in [5, 5.41) is 3.19. The van der Waals surface area contributed by atoms with E-state index in [2.05, 4.69) is 10.0 Å². The topological polar surface area (TPSA) is 58.2 Å². The van der Waals surface area contributed by atoms with Crippen LogP contribution in [0.3, 0.4) is 0 Å². The highest BCUT2D eigenvalue weighted by Gasteiger charge is 2.12. The minimum absolute atomic E-state index is 0.0881. The first-order valence-electron chi connectivity index (χ1n) is 5.61. The Bertz CT molecular complexity index is 494. The molecule has 0 aliphatic rings. The standard InChI is InChI=1S/C11H16ClFN2O2S/c1-2-5-14-6-7-18(16,17)15-11-4-3-9(12)8-10(11)13/h3-4,8,14-15H,2,5-7H2,1H3. The van der Waals surface area contributed by atoms with Crippen LogP contribution in [0.4, 0.5) is 10.1 Å². The second-order valence-electron chi connectivity index (χ2n) is 3.80. The summed E-state index contributed by atoms with van der Waals surface area (Å²) in [4.78, 5) is 0. The van der Waals surface area contributed by atoms with E-state index in [9.17, 15) is 12.8 Å². The molecule has 0 aromatic heterocycles. The fourth-order valence-corrected chi connectivity index (χ4v) is 2.47. The summed E-state index contributed by atoms with van der Waals surface area (Å²) in [7, 11) is -3.55. The molecule has 0 fully saturated rings. The predicted octanol–water partition coefficient (Wildman–Crippen LogP) is 2.22. The molecule has 7 heteroatoms. The zero-order valence-corrected chi connectivity index (χ0v) is 11.6. The third-order valence-corrected chi connectivity index (χ3v) is 3.68. The monoisotopic (exact) mass is 294 g/mol. The molecule has 0 spiro atoms. The summed E-state index contributed by atoms with van der Waals surface area (Å²) in [6.07, 6.45) is 0.930. The molecule has 0 radical (unpaired) electrons. The number of anilines is 1. The van der Waals surface area contributed by atoms with Crippen LogP contribution in [-0.4, -0.2) is 27.3 Å². The van der Waals surface area contributed by atoms with Gasteiger partial charge in [0, 0.05) is 11.6 Å². The molecule has 4 nitrogen and oxygen atoms in total. The van der Waals surface area contributed by atoms with Crippen LogP contribution in [0, 0.1) is 5.82 Å². The van der Waals surface area contributed by atoms with Gasteiger partial charge in [0.05, 0.1) is 11.4 Å². The number of nitrogens with one attached hydrogen (secondary N) is 2. The molecular weight excluding hydrogens is 279 g/mol. The minimum atomic E-state index is -3.55. The molecule has 18 heavy (non-hydrogen) atoms. The zero-order valence-electron chi connectivity index (χ0n) is 10.0. The van der Waals surface area contributed by atoms with Gasteiger partial charge in [-0.2, -0.15) is 0 Å². The Morgan fingerprint density at radius 1 is 1.33 bits per heavy atom. The number of benzene rings is 1. The lowest BCUT2D eigenvalue weighted by Crippen LogP contribution is -2.27. The molecular formula is C11H16ClFN2O2S. The van der Waals surface area contributed by atoms with Crippen LogP contribution in [0.1, 0.15) is 13.3 Å². The minimum Gasteiger partial charge on any atom is -0.316 e. The maximum Gasteiger partial charge on any atom is 0.234 e. The summed E-state index contributed by atoms with van der Waals surface area (Å²) in [5.74, 6) is -0.790. The molecule has 102 valence electrons. The SMILES string of the molecule is CCCNCCS(=O)(=O)Nc1ccc(Cl)cc1F. The maximum atomic E-state index is 13.4. The van der Waals surface area contributed by atoms with Crippen LogP contribution < -0.4 is 10.0 Å². The molecule has 2 N–H and O–H groups in total. The van der Waals surface area contributed by atoms with Crippen LogP contribution in [0.5, 0.6) is 0 Å². The Hall–Kier alpha value is -0.850. The van der Waals surface area contributed by atoms with E-state index < -0.39 is 15.8 Å². The van der Waals surface area contributed by atoms with Crippen molar-refractivity contribution < 1.29 is 12.8 Å². The lowest BCUT2D eigenvalue weighted by molar-refractivity contribution is 0.593. The van der Waals surface area contributed by atoms with E-state index in [-0.39, 0.29) is 16.5 Å². The highest BCUT2D eigenvalue weighted by Crippen LogP contribution is 2.19. The van der Waals surface area contributed by atoms with Crippen molar-refractivity contribution in [3.63, 3.8) is 0 Å². The van der Waals surface area contributed by atoms with E-state index in [4.69, 9.17) is 11.6 Å². The Kier molecular flexibility index (Phi) is 5.84. The molecule has 0 amide bonds.